The van der Waals surface area contributed by atoms with Gasteiger partial charge in [-0.3, -0.25) is 4.79 Å². The average Bonchev–Trinajstić information content (AvgIpc) is 2.27. The van der Waals surface area contributed by atoms with E-state index in [1.54, 1.807) is 0 Å². The lowest BCUT2D eigenvalue weighted by molar-refractivity contribution is -0.125. The van der Waals surface area contributed by atoms with E-state index in [4.69, 9.17) is 5.73 Å². The zero-order chi connectivity index (χ0) is 12.8. The van der Waals surface area contributed by atoms with Gasteiger partial charge in [-0.05, 0) is 68.6 Å². The Morgan fingerprint density at radius 2 is 1.68 bits per heavy atom. The summed E-state index contributed by atoms with van der Waals surface area (Å²) in [6.07, 6.45) is 8.90. The summed E-state index contributed by atoms with van der Waals surface area (Å²) in [7, 11) is 0. The van der Waals surface area contributed by atoms with Gasteiger partial charge in [0.1, 0.15) is 0 Å². The predicted molar refractivity (Wildman–Crippen MR) is 79.1 cm³/mol. The van der Waals surface area contributed by atoms with Crippen molar-refractivity contribution in [1.29, 1.82) is 0 Å². The fourth-order valence-electron chi connectivity index (χ4n) is 5.31. The van der Waals surface area contributed by atoms with Crippen LogP contribution in [0.5, 0.6) is 0 Å². The number of halogens is 1. The SMILES string of the molecule is CC(NC(=O)CCN)C12CC3CC(CC(C3)C1)C2.Cl. The third kappa shape index (κ3) is 2.78. The number of amides is 1. The molecule has 4 heteroatoms. The monoisotopic (exact) mass is 286 g/mol. The van der Waals surface area contributed by atoms with Crippen LogP contribution in [0.25, 0.3) is 0 Å². The van der Waals surface area contributed by atoms with E-state index in [1.165, 1.54) is 38.5 Å². The highest BCUT2D eigenvalue weighted by Gasteiger charge is 2.53. The van der Waals surface area contributed by atoms with E-state index in [0.717, 1.165) is 17.8 Å². The summed E-state index contributed by atoms with van der Waals surface area (Å²) in [6, 6.07) is 0.338. The van der Waals surface area contributed by atoms with Crippen LogP contribution in [0.3, 0.4) is 0 Å². The number of hydrogen-bond acceptors (Lipinski definition) is 2. The largest absolute Gasteiger partial charge is 0.353 e. The van der Waals surface area contributed by atoms with Crippen molar-refractivity contribution in [2.75, 3.05) is 6.54 Å². The molecule has 0 heterocycles. The molecule has 3 N–H and O–H groups in total. The minimum absolute atomic E-state index is 0. The first-order valence-electron chi connectivity index (χ1n) is 7.61. The molecule has 4 aliphatic rings. The molecule has 0 spiro atoms. The summed E-state index contributed by atoms with van der Waals surface area (Å²) >= 11 is 0. The Morgan fingerprint density at radius 1 is 1.21 bits per heavy atom. The summed E-state index contributed by atoms with van der Waals surface area (Å²) < 4.78 is 0. The Bertz CT molecular complexity index is 310. The third-order valence-electron chi connectivity index (χ3n) is 5.75. The lowest BCUT2D eigenvalue weighted by Crippen LogP contribution is -2.55. The first kappa shape index (κ1) is 15.1. The molecule has 1 unspecified atom stereocenters. The van der Waals surface area contributed by atoms with Crippen molar-refractivity contribution >= 4 is 18.3 Å². The van der Waals surface area contributed by atoms with Crippen LogP contribution in [-0.4, -0.2) is 18.5 Å². The van der Waals surface area contributed by atoms with Gasteiger partial charge in [0.25, 0.3) is 0 Å². The van der Waals surface area contributed by atoms with Crippen LogP contribution in [0.1, 0.15) is 51.9 Å². The lowest BCUT2D eigenvalue weighted by atomic mass is 9.48. The maximum absolute atomic E-state index is 11.8. The van der Waals surface area contributed by atoms with E-state index >= 15 is 0 Å². The summed E-state index contributed by atoms with van der Waals surface area (Å²) in [5.74, 6) is 2.99. The second-order valence-corrected chi connectivity index (χ2v) is 7.11. The molecule has 4 saturated carbocycles. The van der Waals surface area contributed by atoms with Crippen molar-refractivity contribution in [3.63, 3.8) is 0 Å². The van der Waals surface area contributed by atoms with Gasteiger partial charge >= 0.3 is 0 Å². The van der Waals surface area contributed by atoms with Crippen molar-refractivity contribution in [3.05, 3.63) is 0 Å². The molecule has 4 rings (SSSR count). The minimum Gasteiger partial charge on any atom is -0.353 e. The number of hydrogen-bond donors (Lipinski definition) is 2. The highest BCUT2D eigenvalue weighted by atomic mass is 35.5. The van der Waals surface area contributed by atoms with E-state index in [1.807, 2.05) is 0 Å². The number of carbonyl (C=O) groups excluding carboxylic acids is 1. The summed E-state index contributed by atoms with van der Waals surface area (Å²) in [4.78, 5) is 11.8. The third-order valence-corrected chi connectivity index (χ3v) is 5.75. The van der Waals surface area contributed by atoms with Gasteiger partial charge in [-0.25, -0.2) is 0 Å². The Morgan fingerprint density at radius 3 is 2.11 bits per heavy atom. The van der Waals surface area contributed by atoms with Crippen LogP contribution in [-0.2, 0) is 4.79 Å². The zero-order valence-corrected chi connectivity index (χ0v) is 12.7. The topological polar surface area (TPSA) is 55.1 Å². The van der Waals surface area contributed by atoms with E-state index in [-0.39, 0.29) is 18.3 Å². The summed E-state index contributed by atoms with van der Waals surface area (Å²) in [6.45, 7) is 2.68. The van der Waals surface area contributed by atoms with E-state index < -0.39 is 0 Å². The Hall–Kier alpha value is -0.280. The average molecular weight is 287 g/mol. The maximum Gasteiger partial charge on any atom is 0.221 e. The molecule has 4 aliphatic carbocycles. The van der Waals surface area contributed by atoms with Gasteiger partial charge < -0.3 is 11.1 Å². The molecule has 4 fully saturated rings. The van der Waals surface area contributed by atoms with Crippen molar-refractivity contribution in [1.82, 2.24) is 5.32 Å². The van der Waals surface area contributed by atoms with Gasteiger partial charge in [0.05, 0.1) is 0 Å². The first-order valence-corrected chi connectivity index (χ1v) is 7.61. The van der Waals surface area contributed by atoms with Crippen molar-refractivity contribution in [2.45, 2.75) is 57.9 Å². The Balaban J connectivity index is 0.00000133. The van der Waals surface area contributed by atoms with Gasteiger partial charge in [-0.15, -0.1) is 12.4 Å². The van der Waals surface area contributed by atoms with Gasteiger partial charge in [0, 0.05) is 19.0 Å². The summed E-state index contributed by atoms with van der Waals surface area (Å²) in [5.41, 5.74) is 5.87. The van der Waals surface area contributed by atoms with E-state index in [9.17, 15) is 4.79 Å². The van der Waals surface area contributed by atoms with Crippen molar-refractivity contribution < 1.29 is 4.79 Å². The maximum atomic E-state index is 11.8. The lowest BCUT2D eigenvalue weighted by Gasteiger charge is -2.59. The van der Waals surface area contributed by atoms with Gasteiger partial charge in [0.2, 0.25) is 5.91 Å². The predicted octanol–water partition coefficient (Wildman–Crippen LogP) is 2.48. The Labute approximate surface area is 122 Å². The van der Waals surface area contributed by atoms with Crippen LogP contribution in [0.4, 0.5) is 0 Å². The quantitative estimate of drug-likeness (QED) is 0.834. The molecular formula is C15H27ClN2O. The molecular weight excluding hydrogens is 260 g/mol. The van der Waals surface area contributed by atoms with Crippen LogP contribution in [0.15, 0.2) is 0 Å². The fourth-order valence-corrected chi connectivity index (χ4v) is 5.31. The molecule has 4 bridgehead atoms. The standard InChI is InChI=1S/C15H26N2O.ClH/c1-10(17-14(18)2-3-16)15-7-11-4-12(8-15)6-13(5-11)9-15;/h10-13H,2-9,16H2,1H3,(H,17,18);1H. The fraction of sp³-hybridized carbons (Fsp3) is 0.933. The molecule has 1 atom stereocenters. The molecule has 0 aromatic heterocycles. The van der Waals surface area contributed by atoms with Gasteiger partial charge in [-0.1, -0.05) is 0 Å². The van der Waals surface area contributed by atoms with Crippen LogP contribution < -0.4 is 11.1 Å². The van der Waals surface area contributed by atoms with E-state index in [0.29, 0.717) is 24.4 Å². The summed E-state index contributed by atoms with van der Waals surface area (Å²) in [5, 5.41) is 3.22. The van der Waals surface area contributed by atoms with Crippen LogP contribution >= 0.6 is 12.4 Å². The highest BCUT2D eigenvalue weighted by molar-refractivity contribution is 5.85. The Kier molecular flexibility index (Phi) is 4.46. The van der Waals surface area contributed by atoms with Gasteiger partial charge in [0.15, 0.2) is 0 Å². The van der Waals surface area contributed by atoms with Gasteiger partial charge in [-0.2, -0.15) is 0 Å². The van der Waals surface area contributed by atoms with Crippen LogP contribution in [0, 0.1) is 23.2 Å². The molecule has 110 valence electrons. The van der Waals surface area contributed by atoms with Crippen molar-refractivity contribution in [3.8, 4) is 0 Å². The number of nitrogens with two attached hydrogens (primary N) is 1. The number of carbonyl (C=O) groups is 1. The molecule has 0 aromatic carbocycles. The second kappa shape index (κ2) is 5.61. The smallest absolute Gasteiger partial charge is 0.221 e. The van der Waals surface area contributed by atoms with Crippen LogP contribution in [0.2, 0.25) is 0 Å². The second-order valence-electron chi connectivity index (χ2n) is 7.11. The van der Waals surface area contributed by atoms with Crippen molar-refractivity contribution in [2.24, 2.45) is 28.9 Å². The van der Waals surface area contributed by atoms with E-state index in [2.05, 4.69) is 12.2 Å². The zero-order valence-electron chi connectivity index (χ0n) is 11.9. The first-order chi connectivity index (χ1) is 8.61. The molecule has 0 aliphatic heterocycles. The molecule has 0 aromatic rings. The molecule has 19 heavy (non-hydrogen) atoms. The molecule has 3 nitrogen and oxygen atoms in total. The normalized spacial score (nSPS) is 40.6. The number of nitrogens with one attached hydrogen (secondary N) is 1. The molecule has 0 radical (unpaired) electrons. The minimum atomic E-state index is 0. The molecule has 1 amide bonds. The molecule has 0 saturated heterocycles. The highest BCUT2D eigenvalue weighted by Crippen LogP contribution is 2.61. The number of rotatable bonds is 4.